The Morgan fingerprint density at radius 1 is 1.04 bits per heavy atom. The number of nitrogens with zero attached hydrogens (tertiary/aromatic N) is 2. The average molecular weight is 415 g/mol. The van der Waals surface area contributed by atoms with Crippen molar-refractivity contribution in [2.75, 3.05) is 25.0 Å². The van der Waals surface area contributed by atoms with Crippen molar-refractivity contribution < 1.29 is 17.4 Å². The van der Waals surface area contributed by atoms with Gasteiger partial charge in [0, 0.05) is 25.8 Å². The Labute approximate surface area is 162 Å². The zero-order chi connectivity index (χ0) is 19.1. The first-order valence-electron chi connectivity index (χ1n) is 7.72. The van der Waals surface area contributed by atoms with E-state index in [1.54, 1.807) is 48.0 Å². The molecule has 6 nitrogen and oxygen atoms in total. The molecule has 0 unspecified atom stereocenters. The van der Waals surface area contributed by atoms with Crippen LogP contribution in [-0.4, -0.2) is 39.5 Å². The number of urea groups is 1. The van der Waals surface area contributed by atoms with Gasteiger partial charge >= 0.3 is 16.1 Å². The van der Waals surface area contributed by atoms with Crippen LogP contribution < -0.4 is 9.08 Å². The Bertz CT molecular complexity index is 938. The molecule has 1 saturated heterocycles. The number of benzene rings is 2. The van der Waals surface area contributed by atoms with E-state index in [9.17, 15) is 13.2 Å². The van der Waals surface area contributed by atoms with E-state index in [-0.39, 0.29) is 26.7 Å². The minimum atomic E-state index is -4.12. The summed E-state index contributed by atoms with van der Waals surface area (Å²) in [5.74, 6) is -0.112. The summed E-state index contributed by atoms with van der Waals surface area (Å²) in [7, 11) is -2.41. The number of aryl methyl sites for hydroxylation is 1. The minimum absolute atomic E-state index is 0.0611. The molecule has 0 aromatic heterocycles. The molecule has 2 amide bonds. The Morgan fingerprint density at radius 2 is 1.62 bits per heavy atom. The van der Waals surface area contributed by atoms with Crippen molar-refractivity contribution in [1.82, 2.24) is 4.90 Å². The molecule has 0 spiro atoms. The van der Waals surface area contributed by atoms with Crippen molar-refractivity contribution in [2.45, 2.75) is 11.8 Å². The summed E-state index contributed by atoms with van der Waals surface area (Å²) in [6.45, 7) is 2.95. The van der Waals surface area contributed by atoms with Crippen LogP contribution >= 0.6 is 23.2 Å². The van der Waals surface area contributed by atoms with Gasteiger partial charge in [-0.15, -0.1) is 0 Å². The third-order valence-corrected chi connectivity index (χ3v) is 5.79. The van der Waals surface area contributed by atoms with E-state index in [4.69, 9.17) is 27.4 Å². The van der Waals surface area contributed by atoms with Gasteiger partial charge in [0.05, 0.1) is 10.0 Å². The Kier molecular flexibility index (Phi) is 5.05. The van der Waals surface area contributed by atoms with Gasteiger partial charge in [-0.05, 0) is 48.9 Å². The highest BCUT2D eigenvalue weighted by Crippen LogP contribution is 2.36. The van der Waals surface area contributed by atoms with Gasteiger partial charge in [-0.25, -0.2) is 4.79 Å². The third-order valence-electron chi connectivity index (χ3n) is 3.99. The Balaban J connectivity index is 1.86. The van der Waals surface area contributed by atoms with Gasteiger partial charge in [-0.3, -0.25) is 4.90 Å². The van der Waals surface area contributed by atoms with Crippen molar-refractivity contribution in [3.8, 4) is 5.75 Å². The standard InChI is InChI=1S/C17H16Cl2N2O4S/c1-11-9-14(18)16(15(19)10-11)25-26(23,24)13-5-3-12(4-6-13)21-8-7-20(2)17(21)22/h3-6,9-10H,7-8H2,1-2H3. The molecule has 1 aliphatic rings. The lowest BCUT2D eigenvalue weighted by atomic mass is 10.2. The lowest BCUT2D eigenvalue weighted by Crippen LogP contribution is -2.29. The molecule has 0 aliphatic carbocycles. The van der Waals surface area contributed by atoms with Crippen molar-refractivity contribution in [3.63, 3.8) is 0 Å². The van der Waals surface area contributed by atoms with Gasteiger partial charge < -0.3 is 9.08 Å². The van der Waals surface area contributed by atoms with E-state index >= 15 is 0 Å². The molecule has 3 rings (SSSR count). The van der Waals surface area contributed by atoms with E-state index in [1.807, 2.05) is 0 Å². The van der Waals surface area contributed by atoms with E-state index in [0.717, 1.165) is 5.56 Å². The van der Waals surface area contributed by atoms with Crippen LogP contribution in [0.15, 0.2) is 41.3 Å². The lowest BCUT2D eigenvalue weighted by molar-refractivity contribution is 0.229. The molecule has 0 radical (unpaired) electrons. The zero-order valence-electron chi connectivity index (χ0n) is 14.1. The molecule has 2 aromatic carbocycles. The molecule has 9 heteroatoms. The van der Waals surface area contributed by atoms with Crippen LogP contribution in [0.5, 0.6) is 5.75 Å². The Hall–Kier alpha value is -1.96. The number of carbonyl (C=O) groups excluding carboxylic acids is 1. The molecule has 0 N–H and O–H groups in total. The van der Waals surface area contributed by atoms with Crippen LogP contribution in [0.1, 0.15) is 5.56 Å². The van der Waals surface area contributed by atoms with Gasteiger partial charge in [0.25, 0.3) is 0 Å². The second kappa shape index (κ2) is 6.98. The summed E-state index contributed by atoms with van der Waals surface area (Å²) in [5, 5.41) is 0.224. The van der Waals surface area contributed by atoms with Gasteiger partial charge in [-0.2, -0.15) is 8.42 Å². The van der Waals surface area contributed by atoms with Crippen LogP contribution in [0.2, 0.25) is 10.0 Å². The van der Waals surface area contributed by atoms with E-state index < -0.39 is 10.1 Å². The molecule has 138 valence electrons. The highest BCUT2D eigenvalue weighted by Gasteiger charge is 2.27. The van der Waals surface area contributed by atoms with E-state index in [0.29, 0.717) is 18.8 Å². The SMILES string of the molecule is Cc1cc(Cl)c(OS(=O)(=O)c2ccc(N3CCN(C)C3=O)cc2)c(Cl)c1. The fraction of sp³-hybridized carbons (Fsp3) is 0.235. The quantitative estimate of drug-likeness (QED) is 0.710. The van der Waals surface area contributed by atoms with Crippen molar-refractivity contribution in [1.29, 1.82) is 0 Å². The van der Waals surface area contributed by atoms with Crippen LogP contribution in [0, 0.1) is 6.92 Å². The maximum atomic E-state index is 12.5. The van der Waals surface area contributed by atoms with Crippen LogP contribution in [0.4, 0.5) is 10.5 Å². The lowest BCUT2D eigenvalue weighted by Gasteiger charge is -2.16. The highest BCUT2D eigenvalue weighted by atomic mass is 35.5. The monoisotopic (exact) mass is 414 g/mol. The molecule has 1 heterocycles. The molecule has 0 bridgehead atoms. The predicted octanol–water partition coefficient (Wildman–Crippen LogP) is 3.94. The van der Waals surface area contributed by atoms with Crippen LogP contribution in [0.25, 0.3) is 0 Å². The molecular weight excluding hydrogens is 399 g/mol. The molecule has 2 aromatic rings. The zero-order valence-corrected chi connectivity index (χ0v) is 16.4. The predicted molar refractivity (Wildman–Crippen MR) is 101 cm³/mol. The molecular formula is C17H16Cl2N2O4S. The molecule has 0 atom stereocenters. The summed E-state index contributed by atoms with van der Waals surface area (Å²) in [5.41, 5.74) is 1.40. The number of anilines is 1. The van der Waals surface area contributed by atoms with Crippen molar-refractivity contribution in [2.24, 2.45) is 0 Å². The van der Waals surface area contributed by atoms with E-state index in [1.165, 1.54) is 12.1 Å². The van der Waals surface area contributed by atoms with E-state index in [2.05, 4.69) is 0 Å². The highest BCUT2D eigenvalue weighted by molar-refractivity contribution is 7.87. The number of halogens is 2. The summed E-state index contributed by atoms with van der Waals surface area (Å²) >= 11 is 12.1. The second-order valence-electron chi connectivity index (χ2n) is 5.94. The van der Waals surface area contributed by atoms with Crippen molar-refractivity contribution >= 4 is 45.0 Å². The molecule has 1 aliphatic heterocycles. The summed E-state index contributed by atoms with van der Waals surface area (Å²) in [6.07, 6.45) is 0. The molecule has 26 heavy (non-hydrogen) atoms. The first-order valence-corrected chi connectivity index (χ1v) is 9.88. The van der Waals surface area contributed by atoms with Gasteiger partial charge in [0.1, 0.15) is 4.90 Å². The van der Waals surface area contributed by atoms with Gasteiger partial charge in [0.15, 0.2) is 5.75 Å². The topological polar surface area (TPSA) is 66.9 Å². The summed E-state index contributed by atoms with van der Waals surface area (Å²) in [4.78, 5) is 15.1. The van der Waals surface area contributed by atoms with Crippen molar-refractivity contribution in [3.05, 3.63) is 52.0 Å². The van der Waals surface area contributed by atoms with Crippen LogP contribution in [-0.2, 0) is 10.1 Å². The first-order chi connectivity index (χ1) is 12.2. The number of hydrogen-bond donors (Lipinski definition) is 0. The maximum absolute atomic E-state index is 12.5. The normalized spacial score (nSPS) is 14.8. The number of rotatable bonds is 4. The number of amides is 2. The second-order valence-corrected chi connectivity index (χ2v) is 8.31. The number of hydrogen-bond acceptors (Lipinski definition) is 4. The summed E-state index contributed by atoms with van der Waals surface area (Å²) in [6, 6.07) is 8.89. The number of carbonyl (C=O) groups is 1. The average Bonchev–Trinajstić information content (AvgIpc) is 2.90. The first kappa shape index (κ1) is 18.8. The minimum Gasteiger partial charge on any atom is -0.376 e. The van der Waals surface area contributed by atoms with Gasteiger partial charge in [0.2, 0.25) is 0 Å². The van der Waals surface area contributed by atoms with Gasteiger partial charge in [-0.1, -0.05) is 23.2 Å². The molecule has 0 saturated carbocycles. The summed E-state index contributed by atoms with van der Waals surface area (Å²) < 4.78 is 30.2. The fourth-order valence-electron chi connectivity index (χ4n) is 2.60. The van der Waals surface area contributed by atoms with Crippen LogP contribution in [0.3, 0.4) is 0 Å². The fourth-order valence-corrected chi connectivity index (χ4v) is 4.33. The Morgan fingerprint density at radius 3 is 2.12 bits per heavy atom. The largest absolute Gasteiger partial charge is 0.376 e. The maximum Gasteiger partial charge on any atom is 0.339 e. The smallest absolute Gasteiger partial charge is 0.339 e. The third kappa shape index (κ3) is 3.60. The number of likely N-dealkylation sites (N-methyl/N-ethyl adjacent to an activating group) is 1. The molecule has 1 fully saturated rings.